The van der Waals surface area contributed by atoms with Crippen LogP contribution in [-0.2, 0) is 4.74 Å². The second-order valence-electron chi connectivity index (χ2n) is 4.08. The van der Waals surface area contributed by atoms with Gasteiger partial charge in [0.1, 0.15) is 5.76 Å². The van der Waals surface area contributed by atoms with E-state index in [9.17, 15) is 0 Å². The molecule has 0 fully saturated rings. The van der Waals surface area contributed by atoms with Crippen LogP contribution in [0.5, 0.6) is 0 Å². The maximum atomic E-state index is 5.31. The Kier molecular flexibility index (Phi) is 3.72. The van der Waals surface area contributed by atoms with Crippen molar-refractivity contribution >= 4 is 0 Å². The number of hydrogen-bond donors (Lipinski definition) is 1. The number of methoxy groups -OCH3 is 1. The van der Waals surface area contributed by atoms with Gasteiger partial charge in [-0.05, 0) is 32.9 Å². The third-order valence-electron chi connectivity index (χ3n) is 2.36. The van der Waals surface area contributed by atoms with Crippen molar-refractivity contribution in [1.82, 2.24) is 5.32 Å². The first-order chi connectivity index (χ1) is 6.55. The molecule has 1 aromatic rings. The Bertz CT molecular complexity index is 254. The van der Waals surface area contributed by atoms with E-state index in [0.717, 1.165) is 12.3 Å². The summed E-state index contributed by atoms with van der Waals surface area (Å²) in [5.41, 5.74) is -0.138. The van der Waals surface area contributed by atoms with Gasteiger partial charge in [-0.3, -0.25) is 0 Å². The number of nitrogens with one attached hydrogen (secondary N) is 1. The molecule has 0 aliphatic carbocycles. The molecular formula is C11H19NO2. The Morgan fingerprint density at radius 2 is 2.29 bits per heavy atom. The Hall–Kier alpha value is -0.800. The number of rotatable bonds is 5. The third-order valence-corrected chi connectivity index (χ3v) is 2.36. The summed E-state index contributed by atoms with van der Waals surface area (Å²) in [7, 11) is 1.72. The summed E-state index contributed by atoms with van der Waals surface area (Å²) >= 11 is 0. The van der Waals surface area contributed by atoms with Crippen LogP contribution in [0.3, 0.4) is 0 Å². The van der Waals surface area contributed by atoms with Crippen molar-refractivity contribution in [3.63, 3.8) is 0 Å². The molecule has 1 rings (SSSR count). The van der Waals surface area contributed by atoms with Crippen LogP contribution < -0.4 is 5.32 Å². The zero-order valence-electron chi connectivity index (χ0n) is 9.33. The Labute approximate surface area is 85.4 Å². The quantitative estimate of drug-likeness (QED) is 0.786. The smallest absolute Gasteiger partial charge is 0.120 e. The average molecular weight is 197 g/mol. The molecule has 0 saturated heterocycles. The molecule has 1 atom stereocenters. The van der Waals surface area contributed by atoms with E-state index in [1.807, 2.05) is 12.1 Å². The van der Waals surface area contributed by atoms with Crippen molar-refractivity contribution in [3.05, 3.63) is 24.2 Å². The summed E-state index contributed by atoms with van der Waals surface area (Å²) in [4.78, 5) is 0. The minimum Gasteiger partial charge on any atom is -0.468 e. The summed E-state index contributed by atoms with van der Waals surface area (Å²) < 4.78 is 10.6. The van der Waals surface area contributed by atoms with E-state index in [0.29, 0.717) is 0 Å². The summed E-state index contributed by atoms with van der Waals surface area (Å²) in [6, 6.07) is 4.09. The first-order valence-corrected chi connectivity index (χ1v) is 4.87. The molecule has 1 N–H and O–H groups in total. The van der Waals surface area contributed by atoms with Crippen molar-refractivity contribution < 1.29 is 9.15 Å². The van der Waals surface area contributed by atoms with E-state index in [2.05, 4.69) is 26.1 Å². The van der Waals surface area contributed by atoms with Gasteiger partial charge in [0.25, 0.3) is 0 Å². The van der Waals surface area contributed by atoms with Crippen molar-refractivity contribution in [2.24, 2.45) is 0 Å². The maximum absolute atomic E-state index is 5.31. The van der Waals surface area contributed by atoms with Gasteiger partial charge >= 0.3 is 0 Å². The fraction of sp³-hybridized carbons (Fsp3) is 0.636. The average Bonchev–Trinajstić information content (AvgIpc) is 2.67. The van der Waals surface area contributed by atoms with Gasteiger partial charge in [0, 0.05) is 13.7 Å². The molecule has 14 heavy (non-hydrogen) atoms. The highest BCUT2D eigenvalue weighted by atomic mass is 16.5. The highest BCUT2D eigenvalue weighted by Gasteiger charge is 2.18. The molecule has 0 aromatic carbocycles. The monoisotopic (exact) mass is 197 g/mol. The van der Waals surface area contributed by atoms with E-state index in [4.69, 9.17) is 9.15 Å². The zero-order chi connectivity index (χ0) is 10.6. The molecule has 0 radical (unpaired) electrons. The normalized spacial score (nSPS) is 14.3. The molecule has 1 unspecified atom stereocenters. The van der Waals surface area contributed by atoms with Crippen LogP contribution in [-0.4, -0.2) is 19.3 Å². The van der Waals surface area contributed by atoms with Crippen LogP contribution in [0, 0.1) is 0 Å². The lowest BCUT2D eigenvalue weighted by molar-refractivity contribution is 0.0209. The predicted octanol–water partition coefficient (Wildman–Crippen LogP) is 2.36. The first kappa shape index (κ1) is 11.3. The lowest BCUT2D eigenvalue weighted by Crippen LogP contribution is -2.37. The van der Waals surface area contributed by atoms with Gasteiger partial charge < -0.3 is 14.5 Å². The van der Waals surface area contributed by atoms with Gasteiger partial charge in [-0.1, -0.05) is 0 Å². The van der Waals surface area contributed by atoms with Gasteiger partial charge in [0.2, 0.25) is 0 Å². The third kappa shape index (κ3) is 3.16. The van der Waals surface area contributed by atoms with Gasteiger partial charge in [-0.15, -0.1) is 0 Å². The van der Waals surface area contributed by atoms with E-state index in [1.165, 1.54) is 0 Å². The Balaban J connectivity index is 2.39. The molecule has 3 nitrogen and oxygen atoms in total. The number of hydrogen-bond acceptors (Lipinski definition) is 3. The molecule has 80 valence electrons. The Morgan fingerprint density at radius 3 is 2.79 bits per heavy atom. The fourth-order valence-corrected chi connectivity index (χ4v) is 1.11. The molecule has 0 aliphatic rings. The van der Waals surface area contributed by atoms with Crippen molar-refractivity contribution in [3.8, 4) is 0 Å². The summed E-state index contributed by atoms with van der Waals surface area (Å²) in [5, 5.41) is 3.36. The number of ether oxygens (including phenoxy) is 1. The van der Waals surface area contributed by atoms with Crippen LogP contribution in [0.25, 0.3) is 0 Å². The highest BCUT2D eigenvalue weighted by molar-refractivity contribution is 5.03. The van der Waals surface area contributed by atoms with Crippen molar-refractivity contribution in [1.29, 1.82) is 0 Å². The van der Waals surface area contributed by atoms with Gasteiger partial charge in [-0.25, -0.2) is 0 Å². The van der Waals surface area contributed by atoms with E-state index < -0.39 is 0 Å². The number of furan rings is 1. The van der Waals surface area contributed by atoms with E-state index >= 15 is 0 Å². The van der Waals surface area contributed by atoms with Crippen molar-refractivity contribution in [2.45, 2.75) is 32.4 Å². The Morgan fingerprint density at radius 1 is 1.57 bits per heavy atom. The largest absolute Gasteiger partial charge is 0.468 e. The molecule has 1 heterocycles. The summed E-state index contributed by atoms with van der Waals surface area (Å²) in [6.45, 7) is 6.97. The lowest BCUT2D eigenvalue weighted by atomic mass is 10.1. The van der Waals surface area contributed by atoms with Gasteiger partial charge in [0.05, 0.1) is 17.9 Å². The van der Waals surface area contributed by atoms with Crippen LogP contribution in [0.4, 0.5) is 0 Å². The SMILES string of the molecule is COC(C)(C)CNC(C)c1ccco1. The van der Waals surface area contributed by atoms with E-state index in [-0.39, 0.29) is 11.6 Å². The first-order valence-electron chi connectivity index (χ1n) is 4.87. The predicted molar refractivity (Wildman–Crippen MR) is 56.2 cm³/mol. The molecule has 0 spiro atoms. The minimum atomic E-state index is -0.138. The van der Waals surface area contributed by atoms with Crippen molar-refractivity contribution in [2.75, 3.05) is 13.7 Å². The second-order valence-corrected chi connectivity index (χ2v) is 4.08. The van der Waals surface area contributed by atoms with Crippen LogP contribution >= 0.6 is 0 Å². The van der Waals surface area contributed by atoms with Crippen LogP contribution in [0.2, 0.25) is 0 Å². The minimum absolute atomic E-state index is 0.138. The van der Waals surface area contributed by atoms with Crippen LogP contribution in [0.1, 0.15) is 32.6 Å². The maximum Gasteiger partial charge on any atom is 0.120 e. The van der Waals surface area contributed by atoms with Gasteiger partial charge in [0.15, 0.2) is 0 Å². The lowest BCUT2D eigenvalue weighted by Gasteiger charge is -2.25. The summed E-state index contributed by atoms with van der Waals surface area (Å²) in [5.74, 6) is 0.955. The van der Waals surface area contributed by atoms with Gasteiger partial charge in [-0.2, -0.15) is 0 Å². The standard InChI is InChI=1S/C11H19NO2/c1-9(10-6-5-7-14-10)12-8-11(2,3)13-4/h5-7,9,12H,8H2,1-4H3. The molecular weight excluding hydrogens is 178 g/mol. The molecule has 1 aromatic heterocycles. The topological polar surface area (TPSA) is 34.4 Å². The zero-order valence-corrected chi connectivity index (χ0v) is 9.33. The fourth-order valence-electron chi connectivity index (χ4n) is 1.11. The molecule has 0 saturated carbocycles. The highest BCUT2D eigenvalue weighted by Crippen LogP contribution is 2.14. The summed E-state index contributed by atoms with van der Waals surface area (Å²) in [6.07, 6.45) is 1.69. The molecule has 0 bridgehead atoms. The molecule has 0 amide bonds. The second kappa shape index (κ2) is 4.62. The van der Waals surface area contributed by atoms with E-state index in [1.54, 1.807) is 13.4 Å². The molecule has 0 aliphatic heterocycles. The molecule has 3 heteroatoms. The van der Waals surface area contributed by atoms with Crippen LogP contribution in [0.15, 0.2) is 22.8 Å².